The highest BCUT2D eigenvalue weighted by atomic mass is 35.5. The van der Waals surface area contributed by atoms with Crippen LogP contribution in [0.2, 0.25) is 5.15 Å². The van der Waals surface area contributed by atoms with Crippen LogP contribution < -0.4 is 0 Å². The summed E-state index contributed by atoms with van der Waals surface area (Å²) in [6.07, 6.45) is -3.93. The Morgan fingerprint density at radius 3 is 2.20 bits per heavy atom. The number of alkyl halides is 3. The summed E-state index contributed by atoms with van der Waals surface area (Å²) in [4.78, 5) is 22.9. The lowest BCUT2D eigenvalue weighted by molar-refractivity contribution is -0.137. The van der Waals surface area contributed by atoms with Crippen LogP contribution in [0, 0.1) is 5.92 Å². The fourth-order valence-electron chi connectivity index (χ4n) is 4.40. The topological polar surface area (TPSA) is 80.2 Å². The van der Waals surface area contributed by atoms with E-state index in [1.165, 1.54) is 19.9 Å². The number of hydrogen-bond acceptors (Lipinski definition) is 5. The van der Waals surface area contributed by atoms with Gasteiger partial charge in [0, 0.05) is 13.1 Å². The van der Waals surface area contributed by atoms with Gasteiger partial charge in [-0.25, -0.2) is 18.4 Å². The molecule has 0 saturated carbocycles. The van der Waals surface area contributed by atoms with Crippen LogP contribution in [-0.4, -0.2) is 47.0 Å². The molecule has 0 spiro atoms. The number of likely N-dealkylation sites (tertiary alicyclic amines) is 1. The minimum absolute atomic E-state index is 0.0109. The number of sulfone groups is 1. The van der Waals surface area contributed by atoms with E-state index in [0.717, 1.165) is 12.1 Å². The summed E-state index contributed by atoms with van der Waals surface area (Å²) in [5.74, 6) is -0.769. The Morgan fingerprint density at radius 1 is 1.00 bits per heavy atom. The zero-order valence-corrected chi connectivity index (χ0v) is 20.6. The number of carbonyl (C=O) groups is 1. The highest BCUT2D eigenvalue weighted by Crippen LogP contribution is 2.39. The third-order valence-corrected chi connectivity index (χ3v) is 9.52. The summed E-state index contributed by atoms with van der Waals surface area (Å²) >= 11 is 6.21. The van der Waals surface area contributed by atoms with Crippen molar-refractivity contribution in [3.05, 3.63) is 64.9 Å². The highest BCUT2D eigenvalue weighted by Gasteiger charge is 2.45. The molecule has 0 aliphatic carbocycles. The zero-order valence-electron chi connectivity index (χ0n) is 19.0. The Morgan fingerprint density at radius 2 is 1.60 bits per heavy atom. The van der Waals surface area contributed by atoms with Gasteiger partial charge >= 0.3 is 6.18 Å². The molecule has 0 atom stereocenters. The zero-order chi connectivity index (χ0) is 25.6. The van der Waals surface area contributed by atoms with Crippen LogP contribution in [0.4, 0.5) is 13.2 Å². The van der Waals surface area contributed by atoms with E-state index in [1.807, 2.05) is 0 Å². The maximum absolute atomic E-state index is 13.4. The molecule has 3 aromatic rings. The van der Waals surface area contributed by atoms with Gasteiger partial charge in [-0.1, -0.05) is 29.8 Å². The average molecular weight is 526 g/mol. The number of halogens is 4. The third-order valence-electron chi connectivity index (χ3n) is 6.66. The van der Waals surface area contributed by atoms with Crippen LogP contribution in [0.3, 0.4) is 0 Å². The maximum atomic E-state index is 13.4. The predicted molar refractivity (Wildman–Crippen MR) is 126 cm³/mol. The van der Waals surface area contributed by atoms with Gasteiger partial charge in [-0.3, -0.25) is 4.79 Å². The number of carbonyl (C=O) groups excluding carboxylic acids is 1. The number of nitrogens with zero attached hydrogens (tertiary/aromatic N) is 3. The monoisotopic (exact) mass is 525 g/mol. The Balaban J connectivity index is 1.52. The van der Waals surface area contributed by atoms with Crippen LogP contribution in [-0.2, 0) is 16.0 Å². The van der Waals surface area contributed by atoms with E-state index < -0.39 is 32.2 Å². The molecule has 186 valence electrons. The van der Waals surface area contributed by atoms with Crippen molar-refractivity contribution in [2.24, 2.45) is 5.92 Å². The van der Waals surface area contributed by atoms with Crippen molar-refractivity contribution in [3.8, 4) is 0 Å². The van der Waals surface area contributed by atoms with Crippen LogP contribution in [0.25, 0.3) is 11.0 Å². The first-order valence-corrected chi connectivity index (χ1v) is 12.8. The van der Waals surface area contributed by atoms with Crippen LogP contribution in [0.1, 0.15) is 42.7 Å². The van der Waals surface area contributed by atoms with E-state index in [1.54, 1.807) is 29.2 Å². The molecule has 2 heterocycles. The van der Waals surface area contributed by atoms with Crippen molar-refractivity contribution in [1.82, 2.24) is 14.9 Å². The fourth-order valence-corrected chi connectivity index (χ4v) is 6.44. The SMILES string of the molecule is CC(C)(C1CCN(C(=O)c2nc3ccccc3nc2Cl)CC1)S(=O)(=O)c1cccc(C(F)(F)F)c1. The summed E-state index contributed by atoms with van der Waals surface area (Å²) in [6.45, 7) is 3.57. The Bertz CT molecular complexity index is 1390. The molecule has 0 unspecified atom stereocenters. The molecular weight excluding hydrogens is 503 g/mol. The van der Waals surface area contributed by atoms with E-state index in [9.17, 15) is 26.4 Å². The molecule has 1 saturated heterocycles. The molecule has 35 heavy (non-hydrogen) atoms. The van der Waals surface area contributed by atoms with E-state index in [-0.39, 0.29) is 34.7 Å². The van der Waals surface area contributed by atoms with E-state index >= 15 is 0 Å². The van der Waals surface area contributed by atoms with Crippen LogP contribution in [0.5, 0.6) is 0 Å². The van der Waals surface area contributed by atoms with Gasteiger partial charge in [-0.2, -0.15) is 13.2 Å². The van der Waals surface area contributed by atoms with Gasteiger partial charge in [0.05, 0.1) is 26.2 Å². The molecular formula is C24H23ClF3N3O3S. The summed E-state index contributed by atoms with van der Waals surface area (Å²) < 4.78 is 64.8. The van der Waals surface area contributed by atoms with Gasteiger partial charge in [-0.05, 0) is 62.9 Å². The second-order valence-corrected chi connectivity index (χ2v) is 11.9. The summed E-state index contributed by atoms with van der Waals surface area (Å²) in [6, 6.07) is 10.8. The van der Waals surface area contributed by atoms with Crippen molar-refractivity contribution in [2.45, 2.75) is 42.5 Å². The van der Waals surface area contributed by atoms with Crippen molar-refractivity contribution >= 4 is 38.4 Å². The van der Waals surface area contributed by atoms with Crippen LogP contribution >= 0.6 is 11.6 Å². The van der Waals surface area contributed by atoms with E-state index in [0.29, 0.717) is 29.9 Å². The lowest BCUT2D eigenvalue weighted by Gasteiger charge is -2.40. The number of amides is 1. The molecule has 4 rings (SSSR count). The molecule has 1 aromatic heterocycles. The Labute approximate surface area is 206 Å². The Kier molecular flexibility index (Phi) is 6.56. The largest absolute Gasteiger partial charge is 0.416 e. The predicted octanol–water partition coefficient (Wildman–Crippen LogP) is 5.41. The highest BCUT2D eigenvalue weighted by molar-refractivity contribution is 7.92. The molecule has 1 aliphatic heterocycles. The van der Waals surface area contributed by atoms with Crippen molar-refractivity contribution in [1.29, 1.82) is 0 Å². The summed E-state index contributed by atoms with van der Waals surface area (Å²) in [5.41, 5.74) is 0.112. The smallest absolute Gasteiger partial charge is 0.337 e. The number of hydrogen-bond donors (Lipinski definition) is 0. The quantitative estimate of drug-likeness (QED) is 0.455. The van der Waals surface area contributed by atoms with Gasteiger partial charge in [-0.15, -0.1) is 0 Å². The molecule has 0 N–H and O–H groups in total. The molecule has 11 heteroatoms. The maximum Gasteiger partial charge on any atom is 0.416 e. The molecule has 1 amide bonds. The first-order chi connectivity index (χ1) is 16.3. The second kappa shape index (κ2) is 9.05. The summed E-state index contributed by atoms with van der Waals surface area (Å²) in [7, 11) is -4.09. The van der Waals surface area contributed by atoms with Crippen molar-refractivity contribution in [2.75, 3.05) is 13.1 Å². The van der Waals surface area contributed by atoms with Gasteiger partial charge in [0.1, 0.15) is 0 Å². The van der Waals surface area contributed by atoms with Gasteiger partial charge in [0.15, 0.2) is 20.7 Å². The standard InChI is InChI=1S/C24H23ClF3N3O3S/c1-23(2,35(33,34)17-7-5-6-16(14-17)24(26,27)28)15-10-12-31(13-11-15)22(32)20-21(25)30-19-9-4-3-8-18(19)29-20/h3-9,14-15H,10-13H2,1-2H3. The van der Waals surface area contributed by atoms with Gasteiger partial charge in [0.2, 0.25) is 0 Å². The first kappa shape index (κ1) is 25.4. The average Bonchev–Trinajstić information content (AvgIpc) is 2.82. The number of piperidine rings is 1. The Hall–Kier alpha value is -2.72. The molecule has 6 nitrogen and oxygen atoms in total. The molecule has 0 bridgehead atoms. The normalized spacial score (nSPS) is 16.0. The van der Waals surface area contributed by atoms with E-state index in [4.69, 9.17) is 11.6 Å². The minimum Gasteiger partial charge on any atom is -0.337 e. The minimum atomic E-state index is -4.64. The number of aromatic nitrogens is 2. The molecule has 0 radical (unpaired) electrons. The van der Waals surface area contributed by atoms with Gasteiger partial charge in [0.25, 0.3) is 5.91 Å². The number of rotatable bonds is 4. The number of para-hydroxylation sites is 2. The van der Waals surface area contributed by atoms with Crippen molar-refractivity contribution in [3.63, 3.8) is 0 Å². The number of benzene rings is 2. The molecule has 1 fully saturated rings. The summed E-state index contributed by atoms with van der Waals surface area (Å²) in [5, 5.41) is -0.0109. The number of fused-ring (bicyclic) bond motifs is 1. The fraction of sp³-hybridized carbons (Fsp3) is 0.375. The van der Waals surface area contributed by atoms with Gasteiger partial charge < -0.3 is 4.90 Å². The lowest BCUT2D eigenvalue weighted by atomic mass is 9.86. The lowest BCUT2D eigenvalue weighted by Crippen LogP contribution is -2.47. The third kappa shape index (κ3) is 4.73. The van der Waals surface area contributed by atoms with E-state index in [2.05, 4.69) is 9.97 Å². The molecule has 2 aromatic carbocycles. The first-order valence-electron chi connectivity index (χ1n) is 11.0. The second-order valence-electron chi connectivity index (χ2n) is 9.05. The molecule has 1 aliphatic rings. The van der Waals surface area contributed by atoms with Crippen molar-refractivity contribution < 1.29 is 26.4 Å². The van der Waals surface area contributed by atoms with Crippen LogP contribution in [0.15, 0.2) is 53.4 Å².